The van der Waals surface area contributed by atoms with Gasteiger partial charge in [0, 0.05) is 17.0 Å². The van der Waals surface area contributed by atoms with Gasteiger partial charge >= 0.3 is 12.1 Å². The molecule has 0 spiro atoms. The van der Waals surface area contributed by atoms with Crippen molar-refractivity contribution in [3.8, 4) is 10.6 Å². The van der Waals surface area contributed by atoms with E-state index in [9.17, 15) is 22.8 Å². The number of carbonyl (C=O) groups excluding carboxylic acids is 1. The van der Waals surface area contributed by atoms with Gasteiger partial charge < -0.3 is 10.0 Å². The fraction of sp³-hybridized carbons (Fsp3) is 0.312. The maximum atomic E-state index is 12.8. The summed E-state index contributed by atoms with van der Waals surface area (Å²) in [5.74, 6) is -1.73. The van der Waals surface area contributed by atoms with Crippen molar-refractivity contribution >= 4 is 23.2 Å². The number of benzene rings is 1. The Balaban J connectivity index is 2.30. The van der Waals surface area contributed by atoms with Crippen LogP contribution in [0.1, 0.15) is 29.9 Å². The molecule has 0 saturated carbocycles. The molecule has 0 radical (unpaired) electrons. The van der Waals surface area contributed by atoms with Gasteiger partial charge in [0.15, 0.2) is 0 Å². The SMILES string of the molecule is CC(C)N(CC(=O)O)C(=O)c1csc(-c2cccc(C(F)(F)F)c2)n1. The second kappa shape index (κ2) is 7.22. The molecule has 0 saturated heterocycles. The van der Waals surface area contributed by atoms with Crippen molar-refractivity contribution in [1.82, 2.24) is 9.88 Å². The van der Waals surface area contributed by atoms with E-state index in [1.54, 1.807) is 13.8 Å². The molecule has 1 aromatic heterocycles. The standard InChI is InChI=1S/C16H15F3N2O3S/c1-9(2)21(7-13(22)23)15(24)12-8-25-14(20-12)10-4-3-5-11(6-10)16(17,18)19/h3-6,8-9H,7H2,1-2H3,(H,22,23). The molecule has 134 valence electrons. The third kappa shape index (κ3) is 4.56. The number of hydrogen-bond acceptors (Lipinski definition) is 4. The number of carboxylic acid groups (broad SMARTS) is 1. The Morgan fingerprint density at radius 1 is 1.32 bits per heavy atom. The van der Waals surface area contributed by atoms with Crippen molar-refractivity contribution in [3.63, 3.8) is 0 Å². The first-order chi connectivity index (χ1) is 11.6. The molecule has 1 heterocycles. The lowest BCUT2D eigenvalue weighted by molar-refractivity contribution is -0.138. The summed E-state index contributed by atoms with van der Waals surface area (Å²) in [7, 11) is 0. The van der Waals surface area contributed by atoms with Crippen molar-refractivity contribution in [2.24, 2.45) is 0 Å². The van der Waals surface area contributed by atoms with Gasteiger partial charge in [0.1, 0.15) is 17.2 Å². The summed E-state index contributed by atoms with van der Waals surface area (Å²) in [6, 6.07) is 4.30. The minimum absolute atomic E-state index is 0.00682. The Labute approximate surface area is 145 Å². The number of hydrogen-bond donors (Lipinski definition) is 1. The van der Waals surface area contributed by atoms with E-state index in [-0.39, 0.29) is 22.3 Å². The van der Waals surface area contributed by atoms with Gasteiger partial charge in [0.2, 0.25) is 0 Å². The fourth-order valence-corrected chi connectivity index (χ4v) is 2.91. The zero-order valence-electron chi connectivity index (χ0n) is 13.4. The monoisotopic (exact) mass is 372 g/mol. The van der Waals surface area contributed by atoms with Gasteiger partial charge in [0.25, 0.3) is 5.91 Å². The summed E-state index contributed by atoms with van der Waals surface area (Å²) >= 11 is 1.02. The lowest BCUT2D eigenvalue weighted by Crippen LogP contribution is -2.40. The molecule has 0 aliphatic rings. The minimum Gasteiger partial charge on any atom is -0.480 e. The first-order valence-electron chi connectivity index (χ1n) is 7.25. The molecule has 0 aliphatic heterocycles. The lowest BCUT2D eigenvalue weighted by atomic mass is 10.1. The molecular weight excluding hydrogens is 357 g/mol. The van der Waals surface area contributed by atoms with E-state index >= 15 is 0 Å². The highest BCUT2D eigenvalue weighted by atomic mass is 32.1. The van der Waals surface area contributed by atoms with E-state index in [2.05, 4.69) is 4.98 Å². The first-order valence-corrected chi connectivity index (χ1v) is 8.13. The Morgan fingerprint density at radius 2 is 2.00 bits per heavy atom. The molecule has 1 amide bonds. The largest absolute Gasteiger partial charge is 0.480 e. The Hall–Kier alpha value is -2.42. The van der Waals surface area contributed by atoms with E-state index in [0.717, 1.165) is 28.4 Å². The van der Waals surface area contributed by atoms with Crippen LogP contribution < -0.4 is 0 Å². The quantitative estimate of drug-likeness (QED) is 0.868. The number of alkyl halides is 3. The zero-order valence-corrected chi connectivity index (χ0v) is 14.2. The number of rotatable bonds is 5. The number of carbonyl (C=O) groups is 2. The van der Waals surface area contributed by atoms with Gasteiger partial charge in [0.05, 0.1) is 5.56 Å². The lowest BCUT2D eigenvalue weighted by Gasteiger charge is -2.23. The minimum atomic E-state index is -4.47. The summed E-state index contributed by atoms with van der Waals surface area (Å²) in [5, 5.41) is 10.6. The number of aliphatic carboxylic acids is 1. The van der Waals surface area contributed by atoms with Gasteiger partial charge in [-0.3, -0.25) is 9.59 Å². The van der Waals surface area contributed by atoms with E-state index < -0.39 is 30.2 Å². The highest BCUT2D eigenvalue weighted by molar-refractivity contribution is 7.13. The van der Waals surface area contributed by atoms with Crippen LogP contribution in [0.15, 0.2) is 29.6 Å². The summed E-state index contributed by atoms with van der Waals surface area (Å²) in [6.45, 7) is 2.86. The van der Waals surface area contributed by atoms with Crippen LogP contribution in [0.25, 0.3) is 10.6 Å². The number of carboxylic acids is 1. The normalized spacial score (nSPS) is 11.6. The molecule has 5 nitrogen and oxygen atoms in total. The van der Waals surface area contributed by atoms with Gasteiger partial charge in [-0.2, -0.15) is 13.2 Å². The predicted octanol–water partition coefficient (Wildman–Crippen LogP) is 3.76. The van der Waals surface area contributed by atoms with Crippen LogP contribution in [0.3, 0.4) is 0 Å². The van der Waals surface area contributed by atoms with Crippen LogP contribution in [0.4, 0.5) is 13.2 Å². The van der Waals surface area contributed by atoms with Crippen molar-refractivity contribution in [3.05, 3.63) is 40.9 Å². The number of thiazole rings is 1. The third-order valence-electron chi connectivity index (χ3n) is 3.35. The zero-order chi connectivity index (χ0) is 18.8. The Kier molecular flexibility index (Phi) is 5.46. The molecule has 0 aliphatic carbocycles. The molecule has 0 bridgehead atoms. The molecule has 2 rings (SSSR count). The van der Waals surface area contributed by atoms with Crippen LogP contribution in [-0.2, 0) is 11.0 Å². The van der Waals surface area contributed by atoms with Crippen LogP contribution in [0.5, 0.6) is 0 Å². The summed E-state index contributed by atoms with van der Waals surface area (Å²) in [4.78, 5) is 28.5. The smallest absolute Gasteiger partial charge is 0.416 e. The highest BCUT2D eigenvalue weighted by Crippen LogP contribution is 2.33. The average molecular weight is 372 g/mol. The van der Waals surface area contributed by atoms with Crippen LogP contribution in [-0.4, -0.2) is 39.5 Å². The van der Waals surface area contributed by atoms with Crippen molar-refractivity contribution in [2.75, 3.05) is 6.54 Å². The molecule has 0 unspecified atom stereocenters. The third-order valence-corrected chi connectivity index (χ3v) is 4.24. The van der Waals surface area contributed by atoms with Crippen molar-refractivity contribution < 1.29 is 27.9 Å². The summed E-state index contributed by atoms with van der Waals surface area (Å²) in [6.07, 6.45) is -4.47. The van der Waals surface area contributed by atoms with Gasteiger partial charge in [-0.1, -0.05) is 12.1 Å². The van der Waals surface area contributed by atoms with Gasteiger partial charge in [-0.05, 0) is 26.0 Å². The van der Waals surface area contributed by atoms with Crippen LogP contribution in [0.2, 0.25) is 0 Å². The second-order valence-corrected chi connectivity index (χ2v) is 6.40. The van der Waals surface area contributed by atoms with Crippen LogP contribution >= 0.6 is 11.3 Å². The highest BCUT2D eigenvalue weighted by Gasteiger charge is 2.31. The second-order valence-electron chi connectivity index (χ2n) is 5.54. The van der Waals surface area contributed by atoms with Crippen molar-refractivity contribution in [1.29, 1.82) is 0 Å². The Bertz CT molecular complexity index is 787. The molecule has 1 aromatic carbocycles. The summed E-state index contributed by atoms with van der Waals surface area (Å²) in [5.41, 5.74) is -0.552. The number of halogens is 3. The molecule has 2 aromatic rings. The first kappa shape index (κ1) is 18.9. The van der Waals surface area contributed by atoms with Crippen molar-refractivity contribution in [2.45, 2.75) is 26.1 Å². The Morgan fingerprint density at radius 3 is 2.56 bits per heavy atom. The maximum Gasteiger partial charge on any atom is 0.416 e. The topological polar surface area (TPSA) is 70.5 Å². The summed E-state index contributed by atoms with van der Waals surface area (Å²) < 4.78 is 38.4. The van der Waals surface area contributed by atoms with E-state index in [0.29, 0.717) is 0 Å². The predicted molar refractivity (Wildman–Crippen MR) is 86.4 cm³/mol. The average Bonchev–Trinajstić information content (AvgIpc) is 3.01. The van der Waals surface area contributed by atoms with E-state index in [1.807, 2.05) is 0 Å². The number of amides is 1. The molecular formula is C16H15F3N2O3S. The molecule has 9 heteroatoms. The molecule has 0 fully saturated rings. The molecule has 25 heavy (non-hydrogen) atoms. The molecule has 1 N–H and O–H groups in total. The number of nitrogens with zero attached hydrogens (tertiary/aromatic N) is 2. The van der Waals surface area contributed by atoms with Gasteiger partial charge in [-0.25, -0.2) is 4.98 Å². The van der Waals surface area contributed by atoms with Crippen LogP contribution in [0, 0.1) is 0 Å². The van der Waals surface area contributed by atoms with E-state index in [4.69, 9.17) is 5.11 Å². The fourth-order valence-electron chi connectivity index (χ4n) is 2.11. The number of aromatic nitrogens is 1. The van der Waals surface area contributed by atoms with Gasteiger partial charge in [-0.15, -0.1) is 11.3 Å². The maximum absolute atomic E-state index is 12.8. The van der Waals surface area contributed by atoms with E-state index in [1.165, 1.54) is 17.5 Å². The molecule has 0 atom stereocenters.